The number of imidazole rings is 1. The molecule has 0 amide bonds. The molecule has 18 heavy (non-hydrogen) atoms. The summed E-state index contributed by atoms with van der Waals surface area (Å²) in [5.74, 6) is 0.893. The Hall–Kier alpha value is -1.95. The summed E-state index contributed by atoms with van der Waals surface area (Å²) < 4.78 is 2.00. The Morgan fingerprint density at radius 2 is 2.33 bits per heavy atom. The maximum Gasteiger partial charge on any atom is 0.165 e. The van der Waals surface area contributed by atoms with Crippen molar-refractivity contribution >= 4 is 17.0 Å². The lowest BCUT2D eigenvalue weighted by Crippen LogP contribution is -2.21. The van der Waals surface area contributed by atoms with Gasteiger partial charge in [0, 0.05) is 6.54 Å². The fourth-order valence-corrected chi connectivity index (χ4v) is 2.38. The van der Waals surface area contributed by atoms with E-state index in [0.717, 1.165) is 25.0 Å². The Morgan fingerprint density at radius 1 is 1.44 bits per heavy atom. The number of nitrogen functional groups attached to an aromatic ring is 1. The first-order valence-corrected chi connectivity index (χ1v) is 6.00. The lowest BCUT2D eigenvalue weighted by atomic mass is 9.79. The maximum absolute atomic E-state index is 8.92. The molecule has 1 fully saturated rings. The quantitative estimate of drug-likeness (QED) is 0.778. The van der Waals surface area contributed by atoms with Crippen LogP contribution < -0.4 is 5.73 Å². The highest BCUT2D eigenvalue weighted by Crippen LogP contribution is 2.35. The standard InChI is InChI=1S/C12H15N5O/c13-11-10-12(15-6-14-11)17(7-16-10)5-9-2-1-8(9)3-4-18/h3,6-7,9,18H,1-2,4-5H2,(H2,13,14,15)/b8-3+. The number of aliphatic hydroxyl groups excluding tert-OH is 1. The zero-order chi connectivity index (χ0) is 12.5. The molecule has 2 aromatic heterocycles. The van der Waals surface area contributed by atoms with Crippen molar-refractivity contribution in [3.05, 3.63) is 24.3 Å². The van der Waals surface area contributed by atoms with Crippen molar-refractivity contribution in [2.45, 2.75) is 19.4 Å². The number of anilines is 1. The zero-order valence-electron chi connectivity index (χ0n) is 9.95. The third-order valence-corrected chi connectivity index (χ3v) is 3.51. The van der Waals surface area contributed by atoms with E-state index in [1.165, 1.54) is 11.9 Å². The first-order valence-electron chi connectivity index (χ1n) is 6.00. The Balaban J connectivity index is 1.88. The Kier molecular flexibility index (Phi) is 2.71. The number of nitrogens with two attached hydrogens (primary N) is 1. The minimum absolute atomic E-state index is 0.117. The van der Waals surface area contributed by atoms with Crippen LogP contribution in [-0.2, 0) is 6.54 Å². The summed E-state index contributed by atoms with van der Waals surface area (Å²) in [5, 5.41) is 8.92. The van der Waals surface area contributed by atoms with Gasteiger partial charge < -0.3 is 15.4 Å². The van der Waals surface area contributed by atoms with E-state index in [-0.39, 0.29) is 6.61 Å². The van der Waals surface area contributed by atoms with Crippen LogP contribution in [0.3, 0.4) is 0 Å². The smallest absolute Gasteiger partial charge is 0.165 e. The average Bonchev–Trinajstić information content (AvgIpc) is 2.76. The van der Waals surface area contributed by atoms with E-state index in [4.69, 9.17) is 10.8 Å². The molecule has 1 atom stereocenters. The SMILES string of the molecule is Nc1ncnc2c1ncn2CC1CC/C1=C\CO. The molecular formula is C12H15N5O. The van der Waals surface area contributed by atoms with E-state index >= 15 is 0 Å². The number of fused-ring (bicyclic) bond motifs is 1. The summed E-state index contributed by atoms with van der Waals surface area (Å²) in [6.07, 6.45) is 7.34. The van der Waals surface area contributed by atoms with Gasteiger partial charge in [-0.25, -0.2) is 15.0 Å². The van der Waals surface area contributed by atoms with Gasteiger partial charge >= 0.3 is 0 Å². The third-order valence-electron chi connectivity index (χ3n) is 3.51. The van der Waals surface area contributed by atoms with E-state index in [2.05, 4.69) is 15.0 Å². The summed E-state index contributed by atoms with van der Waals surface area (Å²) in [5.41, 5.74) is 8.50. The average molecular weight is 245 g/mol. The summed E-state index contributed by atoms with van der Waals surface area (Å²) in [7, 11) is 0. The molecule has 2 heterocycles. The molecule has 1 saturated carbocycles. The van der Waals surface area contributed by atoms with Crippen molar-refractivity contribution in [2.24, 2.45) is 5.92 Å². The summed E-state index contributed by atoms with van der Waals surface area (Å²) >= 11 is 0. The predicted octanol–water partition coefficient (Wildman–Crippen LogP) is 0.737. The van der Waals surface area contributed by atoms with Crippen LogP contribution in [0.1, 0.15) is 12.8 Å². The van der Waals surface area contributed by atoms with Crippen LogP contribution in [0, 0.1) is 5.92 Å². The van der Waals surface area contributed by atoms with Crippen LogP contribution in [0.5, 0.6) is 0 Å². The summed E-state index contributed by atoms with van der Waals surface area (Å²) in [4.78, 5) is 12.4. The van der Waals surface area contributed by atoms with Gasteiger partial charge in [0.15, 0.2) is 11.5 Å². The number of aromatic nitrogens is 4. The van der Waals surface area contributed by atoms with Crippen LogP contribution >= 0.6 is 0 Å². The van der Waals surface area contributed by atoms with Crippen molar-refractivity contribution in [1.82, 2.24) is 19.5 Å². The van der Waals surface area contributed by atoms with Gasteiger partial charge in [-0.1, -0.05) is 11.6 Å². The topological polar surface area (TPSA) is 89.9 Å². The van der Waals surface area contributed by atoms with Gasteiger partial charge in [0.25, 0.3) is 0 Å². The van der Waals surface area contributed by atoms with Crippen molar-refractivity contribution in [2.75, 3.05) is 12.3 Å². The maximum atomic E-state index is 8.92. The summed E-state index contributed by atoms with van der Waals surface area (Å²) in [6.45, 7) is 0.949. The predicted molar refractivity (Wildman–Crippen MR) is 67.6 cm³/mol. The van der Waals surface area contributed by atoms with Gasteiger partial charge in [-0.15, -0.1) is 0 Å². The van der Waals surface area contributed by atoms with E-state index in [1.807, 2.05) is 10.6 Å². The number of nitrogens with zero attached hydrogens (tertiary/aromatic N) is 4. The molecule has 1 aliphatic rings. The van der Waals surface area contributed by atoms with E-state index < -0.39 is 0 Å². The van der Waals surface area contributed by atoms with Gasteiger partial charge in [-0.05, 0) is 18.8 Å². The molecule has 0 saturated heterocycles. The number of hydrogen-bond acceptors (Lipinski definition) is 5. The molecule has 0 spiro atoms. The second-order valence-electron chi connectivity index (χ2n) is 4.53. The highest BCUT2D eigenvalue weighted by molar-refractivity contribution is 5.81. The zero-order valence-corrected chi connectivity index (χ0v) is 9.95. The molecule has 6 heteroatoms. The highest BCUT2D eigenvalue weighted by atomic mass is 16.2. The molecule has 0 aromatic carbocycles. The van der Waals surface area contributed by atoms with Crippen molar-refractivity contribution in [3.63, 3.8) is 0 Å². The molecule has 6 nitrogen and oxygen atoms in total. The summed E-state index contributed by atoms with van der Waals surface area (Å²) in [6, 6.07) is 0. The molecule has 1 unspecified atom stereocenters. The molecule has 2 aromatic rings. The van der Waals surface area contributed by atoms with Gasteiger partial charge in [0.2, 0.25) is 0 Å². The minimum Gasteiger partial charge on any atom is -0.392 e. The van der Waals surface area contributed by atoms with Crippen LogP contribution in [-0.4, -0.2) is 31.2 Å². The van der Waals surface area contributed by atoms with Crippen LogP contribution in [0.2, 0.25) is 0 Å². The molecule has 3 rings (SSSR count). The number of allylic oxidation sites excluding steroid dienone is 1. The molecule has 94 valence electrons. The highest BCUT2D eigenvalue weighted by Gasteiger charge is 2.24. The van der Waals surface area contributed by atoms with E-state index in [9.17, 15) is 0 Å². The lowest BCUT2D eigenvalue weighted by Gasteiger charge is -2.30. The number of hydrogen-bond donors (Lipinski definition) is 2. The fraction of sp³-hybridized carbons (Fsp3) is 0.417. The second-order valence-corrected chi connectivity index (χ2v) is 4.53. The third kappa shape index (κ3) is 1.74. The monoisotopic (exact) mass is 245 g/mol. The number of aliphatic hydroxyl groups is 1. The first kappa shape index (κ1) is 11.2. The lowest BCUT2D eigenvalue weighted by molar-refractivity contribution is 0.329. The van der Waals surface area contributed by atoms with Crippen LogP contribution in [0.15, 0.2) is 24.3 Å². The van der Waals surface area contributed by atoms with Crippen LogP contribution in [0.4, 0.5) is 5.82 Å². The van der Waals surface area contributed by atoms with Gasteiger partial charge in [0.05, 0.1) is 12.9 Å². The van der Waals surface area contributed by atoms with Crippen molar-refractivity contribution < 1.29 is 5.11 Å². The van der Waals surface area contributed by atoms with Gasteiger partial charge in [0.1, 0.15) is 11.8 Å². The largest absolute Gasteiger partial charge is 0.392 e. The molecule has 0 bridgehead atoms. The van der Waals surface area contributed by atoms with E-state index in [1.54, 1.807) is 6.33 Å². The van der Waals surface area contributed by atoms with Crippen molar-refractivity contribution in [3.8, 4) is 0 Å². The molecule has 0 radical (unpaired) electrons. The Morgan fingerprint density at radius 3 is 3.06 bits per heavy atom. The molecule has 1 aliphatic carbocycles. The Bertz CT molecular complexity index is 604. The van der Waals surface area contributed by atoms with Gasteiger partial charge in [-0.3, -0.25) is 0 Å². The van der Waals surface area contributed by atoms with Gasteiger partial charge in [-0.2, -0.15) is 0 Å². The second kappa shape index (κ2) is 4.38. The minimum atomic E-state index is 0.117. The Labute approximate surface area is 104 Å². The number of rotatable bonds is 3. The molecule has 0 aliphatic heterocycles. The van der Waals surface area contributed by atoms with E-state index in [0.29, 0.717) is 17.3 Å². The molecular weight excluding hydrogens is 230 g/mol. The first-order chi connectivity index (χ1) is 8.79. The van der Waals surface area contributed by atoms with Crippen molar-refractivity contribution in [1.29, 1.82) is 0 Å². The van der Waals surface area contributed by atoms with Crippen LogP contribution in [0.25, 0.3) is 11.2 Å². The normalized spacial score (nSPS) is 21.4. The fourth-order valence-electron chi connectivity index (χ4n) is 2.38. The molecule has 3 N–H and O–H groups in total.